The molecule has 1 aromatic rings. The molecule has 0 bridgehead atoms. The summed E-state index contributed by atoms with van der Waals surface area (Å²) in [5, 5.41) is -0.332. The Labute approximate surface area is 121 Å². The van der Waals surface area contributed by atoms with Crippen LogP contribution in [0.5, 0.6) is 0 Å². The van der Waals surface area contributed by atoms with Crippen molar-refractivity contribution >= 4 is 17.5 Å². The molecular weight excluding hydrogens is 286 g/mol. The molecule has 3 nitrogen and oxygen atoms in total. The van der Waals surface area contributed by atoms with Crippen LogP contribution in [0.3, 0.4) is 0 Å². The van der Waals surface area contributed by atoms with Gasteiger partial charge in [-0.1, -0.05) is 11.6 Å². The van der Waals surface area contributed by atoms with E-state index in [4.69, 9.17) is 17.3 Å². The number of hydrogen-bond donors (Lipinski definition) is 1. The fourth-order valence-corrected chi connectivity index (χ4v) is 2.86. The van der Waals surface area contributed by atoms with Crippen LogP contribution >= 0.6 is 11.6 Å². The third kappa shape index (κ3) is 2.79. The van der Waals surface area contributed by atoms with Crippen LogP contribution in [0.1, 0.15) is 36.5 Å². The molecular formula is C14H17ClF2N2O. The zero-order valence-electron chi connectivity index (χ0n) is 11.2. The van der Waals surface area contributed by atoms with Crippen LogP contribution in [0.15, 0.2) is 12.1 Å². The highest BCUT2D eigenvalue weighted by atomic mass is 35.5. The highest BCUT2D eigenvalue weighted by Crippen LogP contribution is 2.27. The molecule has 1 aromatic carbocycles. The SMILES string of the molecule is CC1CCCC(CN)N1C(=O)c1cc(F)c(Cl)cc1F. The molecule has 20 heavy (non-hydrogen) atoms. The van der Waals surface area contributed by atoms with Crippen molar-refractivity contribution in [3.05, 3.63) is 34.4 Å². The van der Waals surface area contributed by atoms with Gasteiger partial charge < -0.3 is 10.6 Å². The minimum Gasteiger partial charge on any atom is -0.332 e. The lowest BCUT2D eigenvalue weighted by Gasteiger charge is -2.40. The molecule has 1 fully saturated rings. The number of nitrogens with two attached hydrogens (primary N) is 1. The molecule has 1 aliphatic heterocycles. The van der Waals surface area contributed by atoms with E-state index in [-0.39, 0.29) is 22.7 Å². The molecule has 0 saturated carbocycles. The summed E-state index contributed by atoms with van der Waals surface area (Å²) in [6.45, 7) is 2.21. The van der Waals surface area contributed by atoms with Gasteiger partial charge in [0, 0.05) is 18.6 Å². The Kier molecular flexibility index (Phi) is 4.60. The number of carbonyl (C=O) groups is 1. The van der Waals surface area contributed by atoms with Crippen LogP contribution in [-0.2, 0) is 0 Å². The van der Waals surface area contributed by atoms with E-state index in [0.717, 1.165) is 31.4 Å². The van der Waals surface area contributed by atoms with Crippen LogP contribution < -0.4 is 5.73 Å². The number of carbonyl (C=O) groups excluding carboxylic acids is 1. The normalized spacial score (nSPS) is 22.9. The summed E-state index contributed by atoms with van der Waals surface area (Å²) in [6.07, 6.45) is 2.59. The van der Waals surface area contributed by atoms with Gasteiger partial charge in [0.15, 0.2) is 0 Å². The number of benzene rings is 1. The molecule has 0 aromatic heterocycles. The smallest absolute Gasteiger partial charge is 0.257 e. The first kappa shape index (κ1) is 15.2. The second-order valence-electron chi connectivity index (χ2n) is 5.13. The number of nitrogens with zero attached hydrogens (tertiary/aromatic N) is 1. The monoisotopic (exact) mass is 302 g/mol. The van der Waals surface area contributed by atoms with Crippen molar-refractivity contribution in [3.63, 3.8) is 0 Å². The van der Waals surface area contributed by atoms with Gasteiger partial charge >= 0.3 is 0 Å². The fourth-order valence-electron chi connectivity index (χ4n) is 2.71. The highest BCUT2D eigenvalue weighted by molar-refractivity contribution is 6.30. The summed E-state index contributed by atoms with van der Waals surface area (Å²) in [5.41, 5.74) is 5.39. The standard InChI is InChI=1S/C14H17ClF2N2O/c1-8-3-2-4-9(7-18)19(8)14(20)10-5-13(17)11(15)6-12(10)16/h5-6,8-9H,2-4,7,18H2,1H3. The summed E-state index contributed by atoms with van der Waals surface area (Å²) >= 11 is 5.50. The van der Waals surface area contributed by atoms with Gasteiger partial charge in [0.1, 0.15) is 11.6 Å². The molecule has 0 aliphatic carbocycles. The van der Waals surface area contributed by atoms with Crippen molar-refractivity contribution in [2.24, 2.45) is 5.73 Å². The van der Waals surface area contributed by atoms with Crippen LogP contribution in [-0.4, -0.2) is 29.4 Å². The average molecular weight is 303 g/mol. The molecule has 1 heterocycles. The first-order chi connectivity index (χ1) is 9.45. The molecule has 2 unspecified atom stereocenters. The average Bonchev–Trinajstić information content (AvgIpc) is 2.41. The number of hydrogen-bond acceptors (Lipinski definition) is 2. The van der Waals surface area contributed by atoms with Gasteiger partial charge in [-0.2, -0.15) is 0 Å². The van der Waals surface area contributed by atoms with Gasteiger partial charge in [0.25, 0.3) is 5.91 Å². The number of amides is 1. The zero-order valence-corrected chi connectivity index (χ0v) is 12.0. The van der Waals surface area contributed by atoms with E-state index >= 15 is 0 Å². The van der Waals surface area contributed by atoms with Gasteiger partial charge in [-0.05, 0) is 38.3 Å². The van der Waals surface area contributed by atoms with Crippen LogP contribution in [0.2, 0.25) is 5.02 Å². The maximum atomic E-state index is 13.9. The fraction of sp³-hybridized carbons (Fsp3) is 0.500. The zero-order chi connectivity index (χ0) is 14.9. The van der Waals surface area contributed by atoms with Gasteiger partial charge in [0.05, 0.1) is 10.6 Å². The first-order valence-corrected chi connectivity index (χ1v) is 7.00. The number of halogens is 3. The molecule has 0 spiro atoms. The summed E-state index contributed by atoms with van der Waals surface area (Å²) in [7, 11) is 0. The Morgan fingerprint density at radius 3 is 2.75 bits per heavy atom. The highest BCUT2D eigenvalue weighted by Gasteiger charge is 2.33. The Bertz CT molecular complexity index is 524. The molecule has 2 rings (SSSR count). The molecule has 1 saturated heterocycles. The molecule has 0 radical (unpaired) electrons. The predicted octanol–water partition coefficient (Wildman–Crippen LogP) is 2.96. The van der Waals surface area contributed by atoms with E-state index in [2.05, 4.69) is 0 Å². The summed E-state index contributed by atoms with van der Waals surface area (Å²) in [5.74, 6) is -2.14. The molecule has 2 atom stereocenters. The maximum Gasteiger partial charge on any atom is 0.257 e. The number of likely N-dealkylation sites (tertiary alicyclic amines) is 1. The van der Waals surface area contributed by atoms with E-state index in [1.165, 1.54) is 0 Å². The Morgan fingerprint density at radius 1 is 1.40 bits per heavy atom. The summed E-state index contributed by atoms with van der Waals surface area (Å²) in [4.78, 5) is 14.0. The Hall–Kier alpha value is -1.20. The first-order valence-electron chi connectivity index (χ1n) is 6.63. The Morgan fingerprint density at radius 2 is 2.10 bits per heavy atom. The quantitative estimate of drug-likeness (QED) is 0.854. The van der Waals surface area contributed by atoms with Crippen molar-refractivity contribution in [1.29, 1.82) is 0 Å². The minimum absolute atomic E-state index is 0.0389. The lowest BCUT2D eigenvalue weighted by Crippen LogP contribution is -2.52. The third-order valence-electron chi connectivity index (χ3n) is 3.77. The van der Waals surface area contributed by atoms with Gasteiger partial charge in [-0.15, -0.1) is 0 Å². The van der Waals surface area contributed by atoms with Crippen molar-refractivity contribution in [3.8, 4) is 0 Å². The molecule has 110 valence electrons. The van der Waals surface area contributed by atoms with E-state index in [1.807, 2.05) is 6.92 Å². The second kappa shape index (κ2) is 6.06. The number of rotatable bonds is 2. The largest absolute Gasteiger partial charge is 0.332 e. The molecule has 6 heteroatoms. The lowest BCUT2D eigenvalue weighted by atomic mass is 9.95. The van der Waals surface area contributed by atoms with Gasteiger partial charge in [0.2, 0.25) is 0 Å². The molecule has 1 aliphatic rings. The van der Waals surface area contributed by atoms with Crippen molar-refractivity contribution in [1.82, 2.24) is 4.90 Å². The van der Waals surface area contributed by atoms with Gasteiger partial charge in [-0.25, -0.2) is 8.78 Å². The van der Waals surface area contributed by atoms with E-state index < -0.39 is 17.5 Å². The van der Waals surface area contributed by atoms with Gasteiger partial charge in [-0.3, -0.25) is 4.79 Å². The predicted molar refractivity (Wildman–Crippen MR) is 73.7 cm³/mol. The van der Waals surface area contributed by atoms with Crippen molar-refractivity contribution < 1.29 is 13.6 Å². The topological polar surface area (TPSA) is 46.3 Å². The summed E-state index contributed by atoms with van der Waals surface area (Å²) < 4.78 is 27.3. The second-order valence-corrected chi connectivity index (χ2v) is 5.54. The summed E-state index contributed by atoms with van der Waals surface area (Å²) in [6, 6.07) is 1.51. The molecule has 1 amide bonds. The third-order valence-corrected chi connectivity index (χ3v) is 4.06. The lowest BCUT2D eigenvalue weighted by molar-refractivity contribution is 0.0489. The van der Waals surface area contributed by atoms with E-state index in [9.17, 15) is 13.6 Å². The minimum atomic E-state index is -0.810. The number of piperidine rings is 1. The van der Waals surface area contributed by atoms with Crippen molar-refractivity contribution in [2.75, 3.05) is 6.54 Å². The Balaban J connectivity index is 2.36. The van der Waals surface area contributed by atoms with E-state index in [0.29, 0.717) is 6.54 Å². The maximum absolute atomic E-state index is 13.9. The van der Waals surface area contributed by atoms with Crippen molar-refractivity contribution in [2.45, 2.75) is 38.3 Å². The van der Waals surface area contributed by atoms with Crippen LogP contribution in [0.4, 0.5) is 8.78 Å². The van der Waals surface area contributed by atoms with E-state index in [1.54, 1.807) is 4.90 Å². The van der Waals surface area contributed by atoms with Crippen LogP contribution in [0, 0.1) is 11.6 Å². The van der Waals surface area contributed by atoms with Crippen LogP contribution in [0.25, 0.3) is 0 Å². The molecule has 2 N–H and O–H groups in total.